The summed E-state index contributed by atoms with van der Waals surface area (Å²) in [6.45, 7) is 6.70. The lowest BCUT2D eigenvalue weighted by atomic mass is 10.2. The van der Waals surface area contributed by atoms with Crippen molar-refractivity contribution in [2.75, 3.05) is 13.1 Å². The molecule has 39 heavy (non-hydrogen) atoms. The molecule has 0 aliphatic carbocycles. The maximum Gasteiger partial charge on any atom is 0.410 e. The number of aromatic nitrogens is 6. The van der Waals surface area contributed by atoms with Crippen LogP contribution in [0.15, 0.2) is 71.2 Å². The van der Waals surface area contributed by atoms with Gasteiger partial charge in [-0.3, -0.25) is 14.1 Å². The third-order valence-corrected chi connectivity index (χ3v) is 7.30. The van der Waals surface area contributed by atoms with Crippen molar-refractivity contribution in [2.24, 2.45) is 7.05 Å². The fourth-order valence-electron chi connectivity index (χ4n) is 4.51. The molecule has 0 saturated carbocycles. The number of pyridine rings is 2. The van der Waals surface area contributed by atoms with Crippen molar-refractivity contribution in [1.82, 2.24) is 34.3 Å². The third-order valence-electron chi connectivity index (χ3n) is 6.35. The molecule has 1 aliphatic rings. The van der Waals surface area contributed by atoms with Gasteiger partial charge < -0.3 is 14.4 Å². The van der Waals surface area contributed by atoms with Crippen molar-refractivity contribution in [1.29, 1.82) is 0 Å². The van der Waals surface area contributed by atoms with Gasteiger partial charge in [0.05, 0.1) is 24.5 Å². The van der Waals surface area contributed by atoms with E-state index in [4.69, 9.17) is 9.47 Å². The van der Waals surface area contributed by atoms with E-state index in [9.17, 15) is 4.79 Å². The van der Waals surface area contributed by atoms with Crippen molar-refractivity contribution in [2.45, 2.75) is 48.9 Å². The summed E-state index contributed by atoms with van der Waals surface area (Å²) in [6.07, 6.45) is 7.92. The minimum atomic E-state index is -0.519. The van der Waals surface area contributed by atoms with E-state index in [1.165, 1.54) is 11.8 Å². The number of rotatable bonds is 5. The monoisotopic (exact) mass is 543 g/mol. The summed E-state index contributed by atoms with van der Waals surface area (Å²) in [4.78, 5) is 19.7. The Balaban J connectivity index is 1.18. The largest absolute Gasteiger partial charge is 0.487 e. The number of nitrogens with zero attached hydrogens (tertiary/aromatic N) is 7. The Morgan fingerprint density at radius 1 is 1.05 bits per heavy atom. The first kappa shape index (κ1) is 25.2. The highest BCUT2D eigenvalue weighted by Gasteiger charge is 2.31. The van der Waals surface area contributed by atoms with Crippen LogP contribution in [-0.4, -0.2) is 65.2 Å². The summed E-state index contributed by atoms with van der Waals surface area (Å²) in [5, 5.41) is 14.7. The molecule has 0 spiro atoms. The van der Waals surface area contributed by atoms with Crippen molar-refractivity contribution in [3.05, 3.63) is 61.2 Å². The summed E-state index contributed by atoms with van der Waals surface area (Å²) in [5.41, 5.74) is 3.21. The highest BCUT2D eigenvalue weighted by molar-refractivity contribution is 7.99. The smallest absolute Gasteiger partial charge is 0.410 e. The first-order valence-corrected chi connectivity index (χ1v) is 13.6. The molecular formula is C28H29N7O3S. The van der Waals surface area contributed by atoms with Crippen LogP contribution in [0, 0.1) is 0 Å². The standard InChI is InChI=1S/C28H29N7O3S/c1-28(2,3)38-27(36)34-10-9-21(17-34)37-22-11-19-12-23(6-7-24(19)29-14-22)39-26-32-31-25-8-5-18(16-35(25)26)20-13-30-33(4)15-20/h5-8,11-16,21H,9-10,17H2,1-4H3. The summed E-state index contributed by atoms with van der Waals surface area (Å²) in [7, 11) is 1.90. The molecule has 1 atom stereocenters. The predicted octanol–water partition coefficient (Wildman–Crippen LogP) is 5.22. The second-order valence-electron chi connectivity index (χ2n) is 10.6. The summed E-state index contributed by atoms with van der Waals surface area (Å²) >= 11 is 1.54. The highest BCUT2D eigenvalue weighted by atomic mass is 32.2. The third kappa shape index (κ3) is 5.53. The summed E-state index contributed by atoms with van der Waals surface area (Å²) in [5.74, 6) is 0.676. The number of aryl methyl sites for hydroxylation is 1. The van der Waals surface area contributed by atoms with Gasteiger partial charge in [0, 0.05) is 53.8 Å². The molecule has 0 radical (unpaired) electrons. The number of fused-ring (bicyclic) bond motifs is 2. The SMILES string of the molecule is Cn1cc(-c2ccc3nnc(Sc4ccc5ncc(OC6CCN(C(=O)OC(C)(C)C)C6)cc5c4)n3c2)cn1. The van der Waals surface area contributed by atoms with E-state index in [1.807, 2.05) is 81.1 Å². The van der Waals surface area contributed by atoms with Crippen molar-refractivity contribution < 1.29 is 14.3 Å². The minimum Gasteiger partial charge on any atom is -0.487 e. The van der Waals surface area contributed by atoms with E-state index in [0.717, 1.165) is 44.1 Å². The number of carbonyl (C=O) groups excluding carboxylic acids is 1. The molecule has 11 heteroatoms. The predicted molar refractivity (Wildman–Crippen MR) is 148 cm³/mol. The molecule has 5 aromatic rings. The van der Waals surface area contributed by atoms with E-state index in [-0.39, 0.29) is 12.2 Å². The highest BCUT2D eigenvalue weighted by Crippen LogP contribution is 2.31. The van der Waals surface area contributed by atoms with Crippen LogP contribution in [0.5, 0.6) is 5.75 Å². The Morgan fingerprint density at radius 2 is 1.92 bits per heavy atom. The zero-order valence-electron chi connectivity index (χ0n) is 22.2. The van der Waals surface area contributed by atoms with Crippen LogP contribution in [0.25, 0.3) is 27.7 Å². The molecule has 4 aromatic heterocycles. The van der Waals surface area contributed by atoms with Crippen LogP contribution >= 0.6 is 11.8 Å². The molecule has 1 unspecified atom stereocenters. The van der Waals surface area contributed by atoms with E-state index >= 15 is 0 Å². The number of amides is 1. The van der Waals surface area contributed by atoms with Gasteiger partial charge in [0.15, 0.2) is 10.8 Å². The van der Waals surface area contributed by atoms with Gasteiger partial charge in [-0.25, -0.2) is 4.79 Å². The first-order chi connectivity index (χ1) is 18.7. The topological polar surface area (TPSA) is 99.7 Å². The molecule has 6 rings (SSSR count). The van der Waals surface area contributed by atoms with Crippen LogP contribution in [0.3, 0.4) is 0 Å². The van der Waals surface area contributed by atoms with Crippen LogP contribution < -0.4 is 4.74 Å². The lowest BCUT2D eigenvalue weighted by Crippen LogP contribution is -2.36. The quantitative estimate of drug-likeness (QED) is 0.298. The van der Waals surface area contributed by atoms with Gasteiger partial charge in [-0.05, 0) is 68.9 Å². The molecule has 0 bridgehead atoms. The van der Waals surface area contributed by atoms with Gasteiger partial charge in [0.25, 0.3) is 0 Å². The number of benzene rings is 1. The maximum absolute atomic E-state index is 12.4. The van der Waals surface area contributed by atoms with Gasteiger partial charge in [-0.1, -0.05) is 0 Å². The van der Waals surface area contributed by atoms with E-state index in [1.54, 1.807) is 15.8 Å². The van der Waals surface area contributed by atoms with Gasteiger partial charge in [-0.15, -0.1) is 10.2 Å². The Kier molecular flexibility index (Phi) is 6.38. The van der Waals surface area contributed by atoms with Gasteiger partial charge in [0.1, 0.15) is 17.5 Å². The average Bonchev–Trinajstić information content (AvgIpc) is 3.63. The molecule has 1 fully saturated rings. The molecule has 10 nitrogen and oxygen atoms in total. The fraction of sp³-hybridized carbons (Fsp3) is 0.321. The number of hydrogen-bond donors (Lipinski definition) is 0. The number of carbonyl (C=O) groups is 1. The second-order valence-corrected chi connectivity index (χ2v) is 11.7. The van der Waals surface area contributed by atoms with Crippen LogP contribution in [0.2, 0.25) is 0 Å². The number of ether oxygens (including phenoxy) is 2. The van der Waals surface area contributed by atoms with Crippen LogP contribution in [0.4, 0.5) is 4.79 Å². The Morgan fingerprint density at radius 3 is 2.72 bits per heavy atom. The lowest BCUT2D eigenvalue weighted by Gasteiger charge is -2.24. The molecule has 1 saturated heterocycles. The van der Waals surface area contributed by atoms with E-state index < -0.39 is 5.60 Å². The first-order valence-electron chi connectivity index (χ1n) is 12.8. The van der Waals surface area contributed by atoms with Gasteiger partial charge in [-0.2, -0.15) is 5.10 Å². The zero-order chi connectivity index (χ0) is 27.1. The van der Waals surface area contributed by atoms with Gasteiger partial charge >= 0.3 is 6.09 Å². The van der Waals surface area contributed by atoms with Crippen molar-refractivity contribution in [3.63, 3.8) is 0 Å². The fourth-order valence-corrected chi connectivity index (χ4v) is 5.37. The van der Waals surface area contributed by atoms with Crippen LogP contribution in [-0.2, 0) is 11.8 Å². The molecule has 1 aliphatic heterocycles. The Labute approximate surface area is 229 Å². The van der Waals surface area contributed by atoms with E-state index in [0.29, 0.717) is 18.8 Å². The Hall–Kier alpha value is -4.12. The summed E-state index contributed by atoms with van der Waals surface area (Å²) < 4.78 is 15.5. The molecule has 1 aromatic carbocycles. The Bertz CT molecular complexity index is 1670. The minimum absolute atomic E-state index is 0.106. The average molecular weight is 544 g/mol. The normalized spacial score (nSPS) is 15.8. The molecule has 0 N–H and O–H groups in total. The molecule has 5 heterocycles. The molecule has 1 amide bonds. The van der Waals surface area contributed by atoms with Crippen LogP contribution in [0.1, 0.15) is 27.2 Å². The maximum atomic E-state index is 12.4. The van der Waals surface area contributed by atoms with E-state index in [2.05, 4.69) is 26.3 Å². The second kappa shape index (κ2) is 9.88. The number of hydrogen-bond acceptors (Lipinski definition) is 8. The summed E-state index contributed by atoms with van der Waals surface area (Å²) in [6, 6.07) is 12.1. The lowest BCUT2D eigenvalue weighted by molar-refractivity contribution is 0.0275. The molecular weight excluding hydrogens is 514 g/mol. The number of likely N-dealkylation sites (tertiary alicyclic amines) is 1. The zero-order valence-corrected chi connectivity index (χ0v) is 23.1. The van der Waals surface area contributed by atoms with Crippen molar-refractivity contribution in [3.8, 4) is 16.9 Å². The van der Waals surface area contributed by atoms with Gasteiger partial charge in [0.2, 0.25) is 0 Å². The molecule has 200 valence electrons. The van der Waals surface area contributed by atoms with Crippen molar-refractivity contribution >= 4 is 34.4 Å².